The third-order valence-electron chi connectivity index (χ3n) is 4.37. The second-order valence-electron chi connectivity index (χ2n) is 6.24. The van der Waals surface area contributed by atoms with Crippen LogP contribution < -0.4 is 0 Å². The SMILES string of the molecule is CC1=CC(=NC#N)C(CCCC2=CC(=NC#N)C(C)=CC2=NC#N)=CC1=NC#N. The molecule has 0 unspecified atom stereocenters. The summed E-state index contributed by atoms with van der Waals surface area (Å²) in [6, 6.07) is 0. The molecule has 0 saturated carbocycles. The molecule has 0 aromatic rings. The van der Waals surface area contributed by atoms with E-state index in [-0.39, 0.29) is 0 Å². The van der Waals surface area contributed by atoms with Crippen LogP contribution in [0.5, 0.6) is 0 Å². The van der Waals surface area contributed by atoms with Gasteiger partial charge in [0.2, 0.25) is 24.8 Å². The number of hydrogen-bond donors (Lipinski definition) is 0. The highest BCUT2D eigenvalue weighted by molar-refractivity contribution is 6.24. The molecule has 8 heteroatoms. The van der Waals surface area contributed by atoms with Crippen LogP contribution in [0.1, 0.15) is 33.1 Å². The number of allylic oxidation sites excluding steroid dienone is 8. The van der Waals surface area contributed by atoms with Crippen LogP contribution in [-0.2, 0) is 0 Å². The van der Waals surface area contributed by atoms with Crippen LogP contribution in [-0.4, -0.2) is 22.8 Å². The molecule has 2 aliphatic carbocycles. The smallest absolute Gasteiger partial charge is 0.173 e. The monoisotopic (exact) mass is 380 g/mol. The van der Waals surface area contributed by atoms with E-state index in [1.165, 1.54) is 0 Å². The molecule has 0 atom stereocenters. The number of hydrogen-bond acceptors (Lipinski definition) is 8. The Balaban J connectivity index is 2.23. The first-order chi connectivity index (χ1) is 14.0. The van der Waals surface area contributed by atoms with E-state index in [2.05, 4.69) is 20.0 Å². The highest BCUT2D eigenvalue weighted by Gasteiger charge is 2.18. The molecule has 0 spiro atoms. The molecular weight excluding hydrogens is 364 g/mol. The lowest BCUT2D eigenvalue weighted by Crippen LogP contribution is -2.14. The Morgan fingerprint density at radius 2 is 0.931 bits per heavy atom. The average molecular weight is 380 g/mol. The van der Waals surface area contributed by atoms with Crippen molar-refractivity contribution in [3.05, 3.63) is 46.6 Å². The molecule has 0 aromatic carbocycles. The summed E-state index contributed by atoms with van der Waals surface area (Å²) in [5.74, 6) is 0. The number of nitriles is 4. The summed E-state index contributed by atoms with van der Waals surface area (Å²) >= 11 is 0. The van der Waals surface area contributed by atoms with Crippen molar-refractivity contribution in [2.75, 3.05) is 0 Å². The van der Waals surface area contributed by atoms with Crippen molar-refractivity contribution in [3.63, 3.8) is 0 Å². The maximum absolute atomic E-state index is 8.94. The summed E-state index contributed by atoms with van der Waals surface area (Å²) in [7, 11) is 0. The topological polar surface area (TPSA) is 145 Å². The second kappa shape index (κ2) is 10.1. The van der Waals surface area contributed by atoms with Crippen molar-refractivity contribution in [1.29, 1.82) is 21.0 Å². The zero-order chi connectivity index (χ0) is 21.2. The summed E-state index contributed by atoms with van der Waals surface area (Å²) in [6.45, 7) is 3.61. The number of rotatable bonds is 4. The van der Waals surface area contributed by atoms with Crippen LogP contribution in [0.15, 0.2) is 66.6 Å². The molecule has 29 heavy (non-hydrogen) atoms. The van der Waals surface area contributed by atoms with Crippen molar-refractivity contribution >= 4 is 22.8 Å². The summed E-state index contributed by atoms with van der Waals surface area (Å²) in [5.41, 5.74) is 5.33. The molecule has 0 amide bonds. The minimum atomic E-state index is 0.546. The minimum Gasteiger partial charge on any atom is -0.173 e. The lowest BCUT2D eigenvalue weighted by Gasteiger charge is -2.16. The first-order valence-corrected chi connectivity index (χ1v) is 8.70. The molecule has 0 radical (unpaired) electrons. The van der Waals surface area contributed by atoms with Crippen LogP contribution in [0.25, 0.3) is 0 Å². The Hall–Kier alpha value is -4.40. The van der Waals surface area contributed by atoms with E-state index in [4.69, 9.17) is 21.0 Å². The normalized spacial score (nSPS) is 21.4. The minimum absolute atomic E-state index is 0.546. The quantitative estimate of drug-likeness (QED) is 0.541. The van der Waals surface area contributed by atoms with E-state index < -0.39 is 0 Å². The summed E-state index contributed by atoms with van der Waals surface area (Å²) < 4.78 is 0. The van der Waals surface area contributed by atoms with Gasteiger partial charge in [0.25, 0.3) is 0 Å². The molecule has 8 nitrogen and oxygen atoms in total. The highest BCUT2D eigenvalue weighted by Crippen LogP contribution is 2.23. The number of aliphatic imine (C=N–C) groups is 4. The Morgan fingerprint density at radius 1 is 0.586 bits per heavy atom. The maximum atomic E-state index is 8.94. The van der Waals surface area contributed by atoms with Gasteiger partial charge in [-0.3, -0.25) is 0 Å². The Bertz CT molecular complexity index is 1030. The average Bonchev–Trinajstić information content (AvgIpc) is 2.69. The van der Waals surface area contributed by atoms with Gasteiger partial charge in [0, 0.05) is 0 Å². The zero-order valence-corrected chi connectivity index (χ0v) is 16.0. The van der Waals surface area contributed by atoms with E-state index in [0.29, 0.717) is 42.1 Å². The third-order valence-corrected chi connectivity index (χ3v) is 4.37. The molecule has 0 aromatic heterocycles. The second-order valence-corrected chi connectivity index (χ2v) is 6.24. The summed E-state index contributed by atoms with van der Waals surface area (Å²) in [6.07, 6.45) is 16.0. The van der Waals surface area contributed by atoms with Crippen LogP contribution >= 0.6 is 0 Å². The summed E-state index contributed by atoms with van der Waals surface area (Å²) in [5, 5.41) is 35.6. The van der Waals surface area contributed by atoms with Gasteiger partial charge in [-0.25, -0.2) is 0 Å². The van der Waals surface area contributed by atoms with Crippen molar-refractivity contribution in [1.82, 2.24) is 0 Å². The van der Waals surface area contributed by atoms with Gasteiger partial charge < -0.3 is 0 Å². The van der Waals surface area contributed by atoms with Gasteiger partial charge in [-0.15, -0.1) is 0 Å². The van der Waals surface area contributed by atoms with Gasteiger partial charge >= 0.3 is 0 Å². The molecule has 0 aliphatic heterocycles. The first kappa shape index (κ1) is 20.9. The van der Waals surface area contributed by atoms with Gasteiger partial charge in [0.1, 0.15) is 0 Å². The fourth-order valence-corrected chi connectivity index (χ4v) is 2.98. The summed E-state index contributed by atoms with van der Waals surface area (Å²) in [4.78, 5) is 15.3. The van der Waals surface area contributed by atoms with Gasteiger partial charge in [-0.05, 0) is 79.7 Å². The van der Waals surface area contributed by atoms with E-state index >= 15 is 0 Å². The van der Waals surface area contributed by atoms with Gasteiger partial charge in [0.05, 0.1) is 22.8 Å². The fourth-order valence-electron chi connectivity index (χ4n) is 2.98. The van der Waals surface area contributed by atoms with Crippen LogP contribution in [0, 0.1) is 45.8 Å². The highest BCUT2D eigenvalue weighted by atomic mass is 14.8. The fraction of sp³-hybridized carbons (Fsp3) is 0.238. The van der Waals surface area contributed by atoms with Crippen LogP contribution in [0.3, 0.4) is 0 Å². The van der Waals surface area contributed by atoms with Gasteiger partial charge in [-0.1, -0.05) is 0 Å². The van der Waals surface area contributed by atoms with E-state index in [1.807, 2.05) is 0 Å². The van der Waals surface area contributed by atoms with E-state index in [9.17, 15) is 0 Å². The van der Waals surface area contributed by atoms with E-state index in [1.54, 1.807) is 62.9 Å². The molecule has 2 aliphatic rings. The molecule has 0 heterocycles. The first-order valence-electron chi connectivity index (χ1n) is 8.70. The van der Waals surface area contributed by atoms with Crippen molar-refractivity contribution in [2.24, 2.45) is 20.0 Å². The maximum Gasteiger partial charge on any atom is 0.206 e. The predicted octanol–water partition coefficient (Wildman–Crippen LogP) is 3.62. The van der Waals surface area contributed by atoms with Crippen LogP contribution in [0.4, 0.5) is 0 Å². The Morgan fingerprint density at radius 3 is 1.28 bits per heavy atom. The molecule has 0 saturated heterocycles. The van der Waals surface area contributed by atoms with Gasteiger partial charge in [-0.2, -0.15) is 41.0 Å². The van der Waals surface area contributed by atoms with Crippen molar-refractivity contribution < 1.29 is 0 Å². The molecule has 0 N–H and O–H groups in total. The van der Waals surface area contributed by atoms with Crippen molar-refractivity contribution in [2.45, 2.75) is 33.1 Å². The Labute approximate surface area is 168 Å². The van der Waals surface area contributed by atoms with Crippen LogP contribution in [0.2, 0.25) is 0 Å². The van der Waals surface area contributed by atoms with E-state index in [0.717, 1.165) is 22.3 Å². The molecular formula is C21H16N8. The standard InChI is InChI=1S/C21H16N8/c1-14-6-20(28-12-24)16(8-18(14)26-10-22)4-3-5-17-9-19(27-11-23)15(2)7-21(17)29-13-25/h6-9H,3-5H2,1-2H3. The third kappa shape index (κ3) is 5.30. The molecule has 2 rings (SSSR count). The predicted molar refractivity (Wildman–Crippen MR) is 110 cm³/mol. The number of nitrogens with zero attached hydrogens (tertiary/aromatic N) is 8. The lowest BCUT2D eigenvalue weighted by molar-refractivity contribution is 0.839. The molecule has 140 valence electrons. The lowest BCUT2D eigenvalue weighted by atomic mass is 9.89. The molecule has 0 bridgehead atoms. The van der Waals surface area contributed by atoms with Crippen molar-refractivity contribution in [3.8, 4) is 24.8 Å². The zero-order valence-electron chi connectivity index (χ0n) is 16.0. The largest absolute Gasteiger partial charge is 0.206 e. The Kier molecular flexibility index (Phi) is 7.26. The van der Waals surface area contributed by atoms with Gasteiger partial charge in [0.15, 0.2) is 0 Å². The molecule has 0 fully saturated rings.